The van der Waals surface area contributed by atoms with Crippen molar-refractivity contribution in [2.24, 2.45) is 0 Å². The fourth-order valence-corrected chi connectivity index (χ4v) is 9.29. The lowest BCUT2D eigenvalue weighted by Crippen LogP contribution is -2.14. The van der Waals surface area contributed by atoms with Gasteiger partial charge in [-0.2, -0.15) is 0 Å². The Morgan fingerprint density at radius 1 is 0.308 bits per heavy atom. The van der Waals surface area contributed by atoms with Crippen LogP contribution in [-0.2, 0) is 0 Å². The molecule has 8 aromatic carbocycles. The lowest BCUT2D eigenvalue weighted by Gasteiger charge is -2.33. The largest absolute Gasteiger partial charge is 0.309 e. The molecule has 0 saturated heterocycles. The second-order valence-corrected chi connectivity index (χ2v) is 14.5. The van der Waals surface area contributed by atoms with Crippen LogP contribution in [0.3, 0.4) is 0 Å². The van der Waals surface area contributed by atoms with Crippen molar-refractivity contribution < 1.29 is 0 Å². The van der Waals surface area contributed by atoms with Crippen LogP contribution in [0, 0.1) is 0 Å². The fourth-order valence-electron chi connectivity index (χ4n) is 8.19. The molecule has 244 valence electrons. The highest BCUT2D eigenvalue weighted by atomic mass is 32.2. The second-order valence-electron chi connectivity index (χ2n) is 13.4. The van der Waals surface area contributed by atoms with Crippen molar-refractivity contribution in [1.29, 1.82) is 0 Å². The van der Waals surface area contributed by atoms with Crippen LogP contribution in [0.25, 0.3) is 66.1 Å². The molecule has 2 aromatic heterocycles. The Labute approximate surface area is 305 Å². The van der Waals surface area contributed by atoms with E-state index in [2.05, 4.69) is 202 Å². The molecule has 0 amide bonds. The second kappa shape index (κ2) is 11.5. The topological polar surface area (TPSA) is 13.1 Å². The van der Waals surface area contributed by atoms with Gasteiger partial charge in [-0.25, -0.2) is 0 Å². The molecule has 0 saturated carbocycles. The van der Waals surface area contributed by atoms with Crippen LogP contribution in [0.15, 0.2) is 198 Å². The van der Waals surface area contributed by atoms with Gasteiger partial charge in [0.05, 0.1) is 33.4 Å². The maximum absolute atomic E-state index is 2.42. The fraction of sp³-hybridized carbons (Fsp3) is 0. The molecule has 0 N–H and O–H groups in total. The van der Waals surface area contributed by atoms with Gasteiger partial charge < -0.3 is 14.0 Å². The minimum absolute atomic E-state index is 1.14. The summed E-state index contributed by atoms with van der Waals surface area (Å²) in [6, 6.07) is 68.4. The van der Waals surface area contributed by atoms with Crippen molar-refractivity contribution in [3.63, 3.8) is 0 Å². The maximum Gasteiger partial charge on any atom is 0.0602 e. The van der Waals surface area contributed by atoms with E-state index in [4.69, 9.17) is 0 Å². The molecule has 3 heterocycles. The molecule has 1 aliphatic rings. The van der Waals surface area contributed by atoms with E-state index in [0.717, 1.165) is 11.4 Å². The van der Waals surface area contributed by atoms with Crippen LogP contribution in [0.4, 0.5) is 17.1 Å². The number of anilines is 3. The molecular weight excluding hydrogens is 651 g/mol. The number of nitrogens with zero attached hydrogens (tertiary/aromatic N) is 3. The highest BCUT2D eigenvalue weighted by Gasteiger charge is 2.25. The van der Waals surface area contributed by atoms with E-state index < -0.39 is 0 Å². The molecule has 1 aliphatic heterocycles. The maximum atomic E-state index is 2.42. The van der Waals surface area contributed by atoms with Gasteiger partial charge in [0.25, 0.3) is 0 Å². The zero-order valence-corrected chi connectivity index (χ0v) is 29.0. The monoisotopic (exact) mass is 681 g/mol. The molecule has 0 aliphatic carbocycles. The van der Waals surface area contributed by atoms with Gasteiger partial charge in [0.15, 0.2) is 0 Å². The number of fused-ring (bicyclic) bond motifs is 8. The number of hydrogen-bond donors (Lipinski definition) is 0. The van der Waals surface area contributed by atoms with Crippen molar-refractivity contribution in [3.8, 4) is 22.5 Å². The summed E-state index contributed by atoms with van der Waals surface area (Å²) in [7, 11) is 0. The van der Waals surface area contributed by atoms with Gasteiger partial charge in [-0.1, -0.05) is 115 Å². The molecular formula is C48H31N3S. The summed E-state index contributed by atoms with van der Waals surface area (Å²) in [6.07, 6.45) is 0. The third kappa shape index (κ3) is 4.41. The van der Waals surface area contributed by atoms with Crippen LogP contribution < -0.4 is 4.90 Å². The van der Waals surface area contributed by atoms with Crippen LogP contribution >= 0.6 is 11.8 Å². The van der Waals surface area contributed by atoms with Crippen LogP contribution in [0.5, 0.6) is 0 Å². The van der Waals surface area contributed by atoms with Crippen molar-refractivity contribution in [1.82, 2.24) is 9.13 Å². The Hall–Kier alpha value is -6.49. The number of hydrogen-bond acceptors (Lipinski definition) is 2. The highest BCUT2D eigenvalue weighted by molar-refractivity contribution is 7.99. The Morgan fingerprint density at radius 3 is 1.50 bits per heavy atom. The molecule has 0 unspecified atom stereocenters. The summed E-state index contributed by atoms with van der Waals surface area (Å²) in [5.74, 6) is 0. The van der Waals surface area contributed by atoms with E-state index in [9.17, 15) is 0 Å². The molecule has 11 rings (SSSR count). The third-order valence-electron chi connectivity index (χ3n) is 10.5. The minimum atomic E-state index is 1.14. The van der Waals surface area contributed by atoms with Gasteiger partial charge in [-0.05, 0) is 96.1 Å². The quantitative estimate of drug-likeness (QED) is 0.183. The van der Waals surface area contributed by atoms with E-state index in [1.54, 1.807) is 0 Å². The smallest absolute Gasteiger partial charge is 0.0602 e. The van der Waals surface area contributed by atoms with Gasteiger partial charge in [0.1, 0.15) is 0 Å². The number of benzene rings is 8. The van der Waals surface area contributed by atoms with E-state index in [1.807, 2.05) is 11.8 Å². The summed E-state index contributed by atoms with van der Waals surface area (Å²) < 4.78 is 4.81. The van der Waals surface area contributed by atoms with Gasteiger partial charge in [0, 0.05) is 48.4 Å². The number of para-hydroxylation sites is 5. The Kier molecular flexibility index (Phi) is 6.48. The normalized spacial score (nSPS) is 12.5. The lowest BCUT2D eigenvalue weighted by molar-refractivity contribution is 1.13. The summed E-state index contributed by atoms with van der Waals surface area (Å²) in [6.45, 7) is 0. The Morgan fingerprint density at radius 2 is 0.808 bits per heavy atom. The molecule has 0 atom stereocenters. The van der Waals surface area contributed by atoms with Gasteiger partial charge in [-0.3, -0.25) is 0 Å². The minimum Gasteiger partial charge on any atom is -0.309 e. The van der Waals surface area contributed by atoms with E-state index in [1.165, 1.54) is 81.6 Å². The predicted octanol–water partition coefficient (Wildman–Crippen LogP) is 13.5. The van der Waals surface area contributed by atoms with E-state index in [-0.39, 0.29) is 0 Å². The van der Waals surface area contributed by atoms with Crippen molar-refractivity contribution in [3.05, 3.63) is 188 Å². The molecule has 0 bridgehead atoms. The summed E-state index contributed by atoms with van der Waals surface area (Å²) in [5, 5.41) is 5.03. The summed E-state index contributed by atoms with van der Waals surface area (Å²) in [5.41, 5.74) is 13.1. The number of rotatable bonds is 4. The van der Waals surface area contributed by atoms with Crippen molar-refractivity contribution in [2.75, 3.05) is 4.90 Å². The zero-order valence-electron chi connectivity index (χ0n) is 28.1. The molecule has 0 spiro atoms. The Balaban J connectivity index is 1.05. The molecule has 4 heteroatoms. The molecule has 0 radical (unpaired) electrons. The first-order valence-corrected chi connectivity index (χ1v) is 18.5. The molecule has 10 aromatic rings. The third-order valence-corrected chi connectivity index (χ3v) is 11.6. The van der Waals surface area contributed by atoms with Crippen molar-refractivity contribution in [2.45, 2.75) is 9.79 Å². The molecule has 3 nitrogen and oxygen atoms in total. The van der Waals surface area contributed by atoms with Crippen molar-refractivity contribution >= 4 is 72.4 Å². The van der Waals surface area contributed by atoms with Gasteiger partial charge >= 0.3 is 0 Å². The average molecular weight is 682 g/mol. The first-order valence-electron chi connectivity index (χ1n) is 17.7. The first kappa shape index (κ1) is 29.3. The van der Waals surface area contributed by atoms with Crippen LogP contribution in [0.2, 0.25) is 0 Å². The van der Waals surface area contributed by atoms with Gasteiger partial charge in [-0.15, -0.1) is 0 Å². The van der Waals surface area contributed by atoms with Crippen LogP contribution in [-0.4, -0.2) is 9.13 Å². The average Bonchev–Trinajstić information content (AvgIpc) is 3.73. The predicted molar refractivity (Wildman–Crippen MR) is 219 cm³/mol. The SMILES string of the molecule is c1ccc(N2c3ccccc3Sc3cc(-c4ccc5c(c4)c4ccccc4n5-c4cccc(-n5c6ccccc6c6ccccc65)c4)ccc32)cc1. The lowest BCUT2D eigenvalue weighted by atomic mass is 10.0. The Bertz CT molecular complexity index is 2950. The summed E-state index contributed by atoms with van der Waals surface area (Å²) >= 11 is 1.85. The molecule has 52 heavy (non-hydrogen) atoms. The van der Waals surface area contributed by atoms with Gasteiger partial charge in [0.2, 0.25) is 0 Å². The first-order chi connectivity index (χ1) is 25.8. The van der Waals surface area contributed by atoms with E-state index in [0.29, 0.717) is 0 Å². The van der Waals surface area contributed by atoms with Crippen LogP contribution in [0.1, 0.15) is 0 Å². The van der Waals surface area contributed by atoms with E-state index >= 15 is 0 Å². The molecule has 0 fully saturated rings. The highest BCUT2D eigenvalue weighted by Crippen LogP contribution is 2.52. The zero-order chi connectivity index (χ0) is 34.2. The summed E-state index contributed by atoms with van der Waals surface area (Å²) in [4.78, 5) is 4.90. The standard InChI is InChI=1S/C48H31N3S/c1-2-13-34(14-3-1)49-45-23-10-11-24-47(45)52-48-30-33(26-28-46(48)49)32-25-27-44-40(29-32)39-19-6-9-22-43(39)51(44)36-16-12-15-35(31-36)50-41-20-7-4-17-37(41)38-18-5-8-21-42(38)50/h1-31H. The number of aromatic nitrogens is 2.